The molecule has 30 heavy (non-hydrogen) atoms. The predicted octanol–water partition coefficient (Wildman–Crippen LogP) is 5.62. The number of unbranched alkanes of at least 4 members (excludes halogenated alkanes) is 1. The second kappa shape index (κ2) is 9.23. The number of carbonyl (C=O) groups is 1. The van der Waals surface area contributed by atoms with E-state index in [0.717, 1.165) is 50.5 Å². The number of benzene rings is 1. The molecule has 2 aliphatic rings. The number of tetrazole rings is 1. The molecule has 1 unspecified atom stereocenters. The minimum atomic E-state index is -0.320. The first-order valence-corrected chi connectivity index (χ1v) is 11.7. The summed E-state index contributed by atoms with van der Waals surface area (Å²) in [5, 5.41) is 14.6. The van der Waals surface area contributed by atoms with Gasteiger partial charge in [0.25, 0.3) is 0 Å². The maximum absolute atomic E-state index is 13.7. The Morgan fingerprint density at radius 1 is 1.23 bits per heavy atom. The van der Waals surface area contributed by atoms with Gasteiger partial charge >= 0.3 is 0 Å². The first kappa shape index (κ1) is 21.6. The Morgan fingerprint density at radius 2 is 2.03 bits per heavy atom. The summed E-state index contributed by atoms with van der Waals surface area (Å²) in [6.45, 7) is 2.64. The lowest BCUT2D eigenvalue weighted by Crippen LogP contribution is -2.35. The van der Waals surface area contributed by atoms with Gasteiger partial charge in [0.05, 0.1) is 11.6 Å². The van der Waals surface area contributed by atoms with Crippen molar-refractivity contribution < 1.29 is 9.53 Å². The zero-order valence-electron chi connectivity index (χ0n) is 17.3. The molecular formula is C22H28Cl2N4O2. The summed E-state index contributed by atoms with van der Waals surface area (Å²) in [4.78, 5) is 13.7. The molecule has 2 aliphatic carbocycles. The monoisotopic (exact) mass is 450 g/mol. The van der Waals surface area contributed by atoms with Crippen molar-refractivity contribution in [1.29, 1.82) is 0 Å². The van der Waals surface area contributed by atoms with Gasteiger partial charge in [-0.3, -0.25) is 4.79 Å². The van der Waals surface area contributed by atoms with Gasteiger partial charge in [0.1, 0.15) is 10.8 Å². The predicted molar refractivity (Wildman–Crippen MR) is 116 cm³/mol. The van der Waals surface area contributed by atoms with E-state index in [1.165, 1.54) is 12.8 Å². The van der Waals surface area contributed by atoms with Crippen molar-refractivity contribution in [2.24, 2.45) is 11.3 Å². The number of nitrogens with zero attached hydrogens (tertiary/aromatic N) is 3. The Labute approximate surface area is 187 Å². The fourth-order valence-corrected chi connectivity index (χ4v) is 5.72. The Bertz CT molecular complexity index is 897. The normalized spacial score (nSPS) is 21.4. The lowest BCUT2D eigenvalue weighted by molar-refractivity contribution is 0.0671. The molecule has 4 rings (SSSR count). The Morgan fingerprint density at radius 3 is 2.73 bits per heavy atom. The molecule has 1 atom stereocenters. The zero-order chi connectivity index (χ0) is 21.1. The zero-order valence-corrected chi connectivity index (χ0v) is 18.9. The SMILES string of the molecule is CCCCC1(C2CCCC2)Cc2cc(OCCCc3nn[nH]n3)c(Cl)c(Cl)c2C1=O. The largest absolute Gasteiger partial charge is 0.492 e. The van der Waals surface area contributed by atoms with E-state index >= 15 is 0 Å². The van der Waals surface area contributed by atoms with Crippen molar-refractivity contribution in [2.45, 2.75) is 71.1 Å². The van der Waals surface area contributed by atoms with Crippen LogP contribution < -0.4 is 4.74 Å². The van der Waals surface area contributed by atoms with Crippen molar-refractivity contribution in [3.8, 4) is 5.75 Å². The molecule has 1 N–H and O–H groups in total. The molecule has 0 spiro atoms. The fourth-order valence-electron chi connectivity index (χ4n) is 5.22. The first-order valence-electron chi connectivity index (χ1n) is 11.0. The van der Waals surface area contributed by atoms with Crippen LogP contribution in [0.15, 0.2) is 6.07 Å². The highest BCUT2D eigenvalue weighted by atomic mass is 35.5. The molecule has 1 aromatic carbocycles. The third kappa shape index (κ3) is 3.96. The Balaban J connectivity index is 1.54. The third-order valence-corrected chi connectivity index (χ3v) is 7.59. The van der Waals surface area contributed by atoms with Crippen molar-refractivity contribution in [3.63, 3.8) is 0 Å². The number of hydrogen-bond donors (Lipinski definition) is 1. The van der Waals surface area contributed by atoms with Crippen molar-refractivity contribution in [2.75, 3.05) is 6.61 Å². The van der Waals surface area contributed by atoms with Gasteiger partial charge in [-0.2, -0.15) is 5.21 Å². The number of halogens is 2. The molecule has 0 amide bonds. The van der Waals surface area contributed by atoms with E-state index in [1.54, 1.807) is 0 Å². The van der Waals surface area contributed by atoms with Crippen LogP contribution in [0, 0.1) is 11.3 Å². The quantitative estimate of drug-likeness (QED) is 0.500. The summed E-state index contributed by atoms with van der Waals surface area (Å²) in [7, 11) is 0. The summed E-state index contributed by atoms with van der Waals surface area (Å²) < 4.78 is 5.94. The van der Waals surface area contributed by atoms with Crippen LogP contribution in [0.3, 0.4) is 0 Å². The number of H-pyrrole nitrogens is 1. The van der Waals surface area contributed by atoms with Crippen LogP contribution >= 0.6 is 23.2 Å². The van der Waals surface area contributed by atoms with Crippen LogP contribution in [-0.2, 0) is 12.8 Å². The van der Waals surface area contributed by atoms with Gasteiger partial charge < -0.3 is 4.74 Å². The molecule has 1 saturated carbocycles. The smallest absolute Gasteiger partial charge is 0.174 e. The van der Waals surface area contributed by atoms with E-state index in [0.29, 0.717) is 46.1 Å². The average molecular weight is 451 g/mol. The molecule has 162 valence electrons. The van der Waals surface area contributed by atoms with Crippen molar-refractivity contribution in [3.05, 3.63) is 33.1 Å². The van der Waals surface area contributed by atoms with Gasteiger partial charge in [-0.15, -0.1) is 10.2 Å². The van der Waals surface area contributed by atoms with E-state index in [2.05, 4.69) is 27.5 Å². The number of fused-ring (bicyclic) bond motifs is 1. The van der Waals surface area contributed by atoms with E-state index < -0.39 is 0 Å². The second-order valence-corrected chi connectivity index (χ2v) is 9.32. The molecular weight excluding hydrogens is 423 g/mol. The molecule has 0 saturated heterocycles. The summed E-state index contributed by atoms with van der Waals surface area (Å²) in [5.41, 5.74) is 1.30. The van der Waals surface area contributed by atoms with Crippen LogP contribution in [0.25, 0.3) is 0 Å². The summed E-state index contributed by atoms with van der Waals surface area (Å²) in [6.07, 6.45) is 9.90. The van der Waals surface area contributed by atoms with Crippen LogP contribution in [0.5, 0.6) is 5.75 Å². The number of nitrogens with one attached hydrogen (secondary N) is 1. The number of Topliss-reactive ketones (excluding diaryl/α,β-unsaturated/α-hetero) is 1. The lowest BCUT2D eigenvalue weighted by atomic mass is 9.68. The molecule has 0 radical (unpaired) electrons. The third-order valence-electron chi connectivity index (χ3n) is 6.74. The van der Waals surface area contributed by atoms with E-state index in [-0.39, 0.29) is 11.2 Å². The van der Waals surface area contributed by atoms with Crippen LogP contribution in [0.4, 0.5) is 0 Å². The van der Waals surface area contributed by atoms with Gasteiger partial charge in [-0.25, -0.2) is 0 Å². The number of ketones is 1. The molecule has 8 heteroatoms. The summed E-state index contributed by atoms with van der Waals surface area (Å²) in [6, 6.07) is 1.94. The van der Waals surface area contributed by atoms with E-state index in [9.17, 15) is 4.79 Å². The minimum Gasteiger partial charge on any atom is -0.492 e. The molecule has 0 aliphatic heterocycles. The highest BCUT2D eigenvalue weighted by Crippen LogP contribution is 2.54. The van der Waals surface area contributed by atoms with E-state index in [1.807, 2.05) is 6.07 Å². The maximum atomic E-state index is 13.7. The van der Waals surface area contributed by atoms with Crippen LogP contribution in [0.2, 0.25) is 10.0 Å². The average Bonchev–Trinajstić information content (AvgIpc) is 3.49. The number of hydrogen-bond acceptors (Lipinski definition) is 5. The fraction of sp³-hybridized carbons (Fsp3) is 0.636. The Kier molecular flexibility index (Phi) is 6.63. The Hall–Kier alpha value is -1.66. The first-order chi connectivity index (χ1) is 14.6. The minimum absolute atomic E-state index is 0.202. The second-order valence-electron chi connectivity index (χ2n) is 8.56. The molecule has 1 heterocycles. The van der Waals surface area contributed by atoms with Crippen LogP contribution in [0.1, 0.15) is 80.0 Å². The molecule has 1 aromatic heterocycles. The van der Waals surface area contributed by atoms with Gasteiger partial charge in [-0.1, -0.05) is 61.0 Å². The molecule has 1 fully saturated rings. The lowest BCUT2D eigenvalue weighted by Gasteiger charge is -2.34. The van der Waals surface area contributed by atoms with Gasteiger partial charge in [0.2, 0.25) is 0 Å². The van der Waals surface area contributed by atoms with Crippen molar-refractivity contribution >= 4 is 29.0 Å². The topological polar surface area (TPSA) is 80.8 Å². The van der Waals surface area contributed by atoms with Gasteiger partial charge in [0.15, 0.2) is 11.6 Å². The van der Waals surface area contributed by atoms with Gasteiger partial charge in [-0.05, 0) is 49.7 Å². The number of aromatic nitrogens is 4. The standard InChI is InChI=1S/C22H28Cl2N4O2/c1-2-3-10-22(15-7-4-5-8-15)13-14-12-16(19(23)20(24)18(14)21(22)29)30-11-6-9-17-25-27-28-26-17/h12,15H,2-11,13H2,1H3,(H,25,26,27,28). The van der Waals surface area contributed by atoms with Gasteiger partial charge in [0, 0.05) is 17.4 Å². The molecule has 0 bridgehead atoms. The summed E-state index contributed by atoms with van der Waals surface area (Å²) >= 11 is 13.2. The van der Waals surface area contributed by atoms with E-state index in [4.69, 9.17) is 27.9 Å². The maximum Gasteiger partial charge on any atom is 0.174 e. The number of aromatic amines is 1. The van der Waals surface area contributed by atoms with Crippen molar-refractivity contribution in [1.82, 2.24) is 20.6 Å². The molecule has 6 nitrogen and oxygen atoms in total. The highest BCUT2D eigenvalue weighted by molar-refractivity contribution is 6.45. The summed E-state index contributed by atoms with van der Waals surface area (Å²) in [5.74, 6) is 1.85. The number of ether oxygens (including phenoxy) is 1. The number of carbonyl (C=O) groups excluding carboxylic acids is 1. The highest BCUT2D eigenvalue weighted by Gasteiger charge is 2.51. The number of rotatable bonds is 9. The van der Waals surface area contributed by atoms with Crippen LogP contribution in [-0.4, -0.2) is 33.0 Å². The number of aryl methyl sites for hydroxylation is 1. The molecule has 2 aromatic rings.